The van der Waals surface area contributed by atoms with Crippen LogP contribution in [0.1, 0.15) is 31.2 Å². The zero-order chi connectivity index (χ0) is 13.7. The van der Waals surface area contributed by atoms with E-state index in [-0.39, 0.29) is 12.1 Å². The van der Waals surface area contributed by atoms with E-state index in [1.807, 2.05) is 18.2 Å². The lowest BCUT2D eigenvalue weighted by molar-refractivity contribution is 0.0901. The van der Waals surface area contributed by atoms with Crippen LogP contribution in [0, 0.1) is 0 Å². The smallest absolute Gasteiger partial charge is 0.123 e. The molecule has 0 spiro atoms. The lowest BCUT2D eigenvalue weighted by Crippen LogP contribution is -2.41. The monoisotopic (exact) mass is 265 g/mol. The highest BCUT2D eigenvalue weighted by molar-refractivity contribution is 5.40. The van der Waals surface area contributed by atoms with Crippen molar-refractivity contribution >= 4 is 0 Å². The van der Waals surface area contributed by atoms with E-state index < -0.39 is 0 Å². The van der Waals surface area contributed by atoms with Crippen LogP contribution < -0.4 is 14.8 Å². The maximum absolute atomic E-state index is 9.96. The van der Waals surface area contributed by atoms with Crippen molar-refractivity contribution in [1.82, 2.24) is 5.32 Å². The number of nitrogens with one attached hydrogen (secondary N) is 1. The summed E-state index contributed by atoms with van der Waals surface area (Å²) in [5.74, 6) is 1.67. The second kappa shape index (κ2) is 6.78. The predicted molar refractivity (Wildman–Crippen MR) is 74.6 cm³/mol. The molecule has 2 unspecified atom stereocenters. The van der Waals surface area contributed by atoms with E-state index >= 15 is 0 Å². The van der Waals surface area contributed by atoms with Crippen LogP contribution in [0.3, 0.4) is 0 Å². The topological polar surface area (TPSA) is 50.7 Å². The van der Waals surface area contributed by atoms with E-state index in [0.717, 1.165) is 36.3 Å². The predicted octanol–water partition coefficient (Wildman–Crippen LogP) is 2.10. The minimum Gasteiger partial charge on any atom is -0.497 e. The maximum atomic E-state index is 9.96. The van der Waals surface area contributed by atoms with E-state index in [0.29, 0.717) is 6.54 Å². The summed E-state index contributed by atoms with van der Waals surface area (Å²) < 4.78 is 10.6. The van der Waals surface area contributed by atoms with Gasteiger partial charge in [0.1, 0.15) is 11.5 Å². The highest BCUT2D eigenvalue weighted by atomic mass is 16.5. The Morgan fingerprint density at radius 3 is 2.68 bits per heavy atom. The van der Waals surface area contributed by atoms with E-state index in [1.54, 1.807) is 14.2 Å². The van der Waals surface area contributed by atoms with Crippen molar-refractivity contribution in [3.8, 4) is 11.5 Å². The number of hydrogen-bond donors (Lipinski definition) is 2. The van der Waals surface area contributed by atoms with E-state index in [2.05, 4.69) is 5.32 Å². The first-order valence-corrected chi connectivity index (χ1v) is 6.87. The molecule has 1 saturated carbocycles. The SMILES string of the molecule is COc1ccc(OC)c(CNC2CCCCC2O)c1. The molecule has 0 amide bonds. The van der Waals surface area contributed by atoms with Crippen LogP contribution in [0.5, 0.6) is 11.5 Å². The van der Waals surface area contributed by atoms with Crippen LogP contribution in [0.2, 0.25) is 0 Å². The van der Waals surface area contributed by atoms with Crippen molar-refractivity contribution in [2.45, 2.75) is 44.4 Å². The van der Waals surface area contributed by atoms with Crippen LogP contribution >= 0.6 is 0 Å². The lowest BCUT2D eigenvalue weighted by Gasteiger charge is -2.28. The van der Waals surface area contributed by atoms with Gasteiger partial charge in [0.15, 0.2) is 0 Å². The van der Waals surface area contributed by atoms with Gasteiger partial charge >= 0.3 is 0 Å². The quantitative estimate of drug-likeness (QED) is 0.856. The molecule has 106 valence electrons. The normalized spacial score (nSPS) is 23.1. The molecule has 0 radical (unpaired) electrons. The van der Waals surface area contributed by atoms with Gasteiger partial charge in [0.2, 0.25) is 0 Å². The molecule has 1 aromatic rings. The Balaban J connectivity index is 2.01. The van der Waals surface area contributed by atoms with Crippen LogP contribution in [-0.4, -0.2) is 31.5 Å². The summed E-state index contributed by atoms with van der Waals surface area (Å²) in [7, 11) is 3.32. The van der Waals surface area contributed by atoms with Gasteiger partial charge in [-0.15, -0.1) is 0 Å². The van der Waals surface area contributed by atoms with Crippen molar-refractivity contribution in [3.05, 3.63) is 23.8 Å². The van der Waals surface area contributed by atoms with Crippen molar-refractivity contribution in [2.24, 2.45) is 0 Å². The Bertz CT molecular complexity index is 408. The van der Waals surface area contributed by atoms with Crippen molar-refractivity contribution in [2.75, 3.05) is 14.2 Å². The molecule has 0 aromatic heterocycles. The first-order chi connectivity index (χ1) is 9.24. The van der Waals surface area contributed by atoms with Crippen molar-refractivity contribution in [1.29, 1.82) is 0 Å². The second-order valence-electron chi connectivity index (χ2n) is 5.02. The van der Waals surface area contributed by atoms with Gasteiger partial charge < -0.3 is 19.9 Å². The van der Waals surface area contributed by atoms with Crippen molar-refractivity contribution < 1.29 is 14.6 Å². The lowest BCUT2D eigenvalue weighted by atomic mass is 9.92. The number of benzene rings is 1. The summed E-state index contributed by atoms with van der Waals surface area (Å²) in [6.45, 7) is 0.683. The fraction of sp³-hybridized carbons (Fsp3) is 0.600. The zero-order valence-corrected chi connectivity index (χ0v) is 11.7. The van der Waals surface area contributed by atoms with E-state index in [1.165, 1.54) is 6.42 Å². The standard InChI is InChI=1S/C15H23NO3/c1-18-12-7-8-15(19-2)11(9-12)10-16-13-5-3-4-6-14(13)17/h7-9,13-14,16-17H,3-6,10H2,1-2H3. The first kappa shape index (κ1) is 14.2. The summed E-state index contributed by atoms with van der Waals surface area (Å²) in [5, 5.41) is 13.4. The molecular weight excluding hydrogens is 242 g/mol. The molecular formula is C15H23NO3. The molecule has 4 heteroatoms. The largest absolute Gasteiger partial charge is 0.497 e. The summed E-state index contributed by atoms with van der Waals surface area (Å²) in [6, 6.07) is 5.95. The number of hydrogen-bond acceptors (Lipinski definition) is 4. The van der Waals surface area contributed by atoms with Crippen LogP contribution in [0.15, 0.2) is 18.2 Å². The molecule has 2 atom stereocenters. The molecule has 4 nitrogen and oxygen atoms in total. The molecule has 0 heterocycles. The van der Waals surface area contributed by atoms with Crippen LogP contribution in [-0.2, 0) is 6.54 Å². The average molecular weight is 265 g/mol. The maximum Gasteiger partial charge on any atom is 0.123 e. The summed E-state index contributed by atoms with van der Waals surface area (Å²) >= 11 is 0. The number of aliphatic hydroxyl groups excluding tert-OH is 1. The molecule has 1 fully saturated rings. The summed E-state index contributed by atoms with van der Waals surface area (Å²) in [6.07, 6.45) is 4.01. The van der Waals surface area contributed by atoms with Crippen LogP contribution in [0.25, 0.3) is 0 Å². The Labute approximate surface area is 114 Å². The van der Waals surface area contributed by atoms with Crippen molar-refractivity contribution in [3.63, 3.8) is 0 Å². The van der Waals surface area contributed by atoms with Gasteiger partial charge in [-0.05, 0) is 31.0 Å². The molecule has 0 aliphatic heterocycles. The van der Waals surface area contributed by atoms with Gasteiger partial charge in [-0.3, -0.25) is 0 Å². The highest BCUT2D eigenvalue weighted by Crippen LogP contribution is 2.25. The number of methoxy groups -OCH3 is 2. The Hall–Kier alpha value is -1.26. The fourth-order valence-electron chi connectivity index (χ4n) is 2.61. The third-order valence-electron chi connectivity index (χ3n) is 3.77. The molecule has 0 bridgehead atoms. The minimum absolute atomic E-state index is 0.185. The summed E-state index contributed by atoms with van der Waals surface area (Å²) in [5.41, 5.74) is 1.06. The van der Waals surface area contributed by atoms with E-state index in [9.17, 15) is 5.11 Å². The second-order valence-corrected chi connectivity index (χ2v) is 5.02. The van der Waals surface area contributed by atoms with Gasteiger partial charge in [0.05, 0.1) is 20.3 Å². The fourth-order valence-corrected chi connectivity index (χ4v) is 2.61. The van der Waals surface area contributed by atoms with Crippen LogP contribution in [0.4, 0.5) is 0 Å². The number of ether oxygens (including phenoxy) is 2. The number of rotatable bonds is 5. The summed E-state index contributed by atoms with van der Waals surface area (Å²) in [4.78, 5) is 0. The average Bonchev–Trinajstić information content (AvgIpc) is 2.46. The zero-order valence-electron chi connectivity index (χ0n) is 11.7. The Kier molecular flexibility index (Phi) is 5.05. The molecule has 2 N–H and O–H groups in total. The van der Waals surface area contributed by atoms with Gasteiger partial charge in [0, 0.05) is 18.2 Å². The third kappa shape index (κ3) is 3.61. The molecule has 19 heavy (non-hydrogen) atoms. The molecule has 1 aromatic carbocycles. The van der Waals surface area contributed by atoms with Gasteiger partial charge in [-0.2, -0.15) is 0 Å². The minimum atomic E-state index is -0.231. The molecule has 1 aliphatic carbocycles. The Morgan fingerprint density at radius 2 is 2.00 bits per heavy atom. The third-order valence-corrected chi connectivity index (χ3v) is 3.77. The molecule has 0 saturated heterocycles. The highest BCUT2D eigenvalue weighted by Gasteiger charge is 2.22. The van der Waals surface area contributed by atoms with Gasteiger partial charge in [0.25, 0.3) is 0 Å². The number of aliphatic hydroxyl groups is 1. The van der Waals surface area contributed by atoms with Gasteiger partial charge in [-0.25, -0.2) is 0 Å². The van der Waals surface area contributed by atoms with E-state index in [4.69, 9.17) is 9.47 Å². The first-order valence-electron chi connectivity index (χ1n) is 6.87. The molecule has 1 aliphatic rings. The Morgan fingerprint density at radius 1 is 1.21 bits per heavy atom. The molecule has 2 rings (SSSR count). The van der Waals surface area contributed by atoms with Gasteiger partial charge in [-0.1, -0.05) is 12.8 Å².